The molecule has 0 aromatic carbocycles. The first-order valence-electron chi connectivity index (χ1n) is 9.49. The molecular formula is C18H30ClNO4. The van der Waals surface area contributed by atoms with Crippen LogP contribution in [0.5, 0.6) is 0 Å². The van der Waals surface area contributed by atoms with Crippen LogP contribution in [0.4, 0.5) is 0 Å². The van der Waals surface area contributed by atoms with Crippen LogP contribution in [-0.2, 0) is 18.9 Å². The maximum atomic E-state index is 6.59. The first-order valence-corrected chi connectivity index (χ1v) is 9.93. The van der Waals surface area contributed by atoms with Gasteiger partial charge in [-0.1, -0.05) is 6.42 Å². The molecule has 6 heteroatoms. The monoisotopic (exact) mass is 359 g/mol. The summed E-state index contributed by atoms with van der Waals surface area (Å²) in [7, 11) is 1.81. The number of rotatable bonds is 4. The van der Waals surface area contributed by atoms with Gasteiger partial charge in [-0.15, -0.1) is 11.6 Å². The number of alkyl halides is 1. The summed E-state index contributed by atoms with van der Waals surface area (Å²) < 4.78 is 23.1. The first-order chi connectivity index (χ1) is 11.7. The van der Waals surface area contributed by atoms with E-state index in [1.165, 1.54) is 19.3 Å². The van der Waals surface area contributed by atoms with Gasteiger partial charge in [-0.25, -0.2) is 0 Å². The van der Waals surface area contributed by atoms with Crippen molar-refractivity contribution in [1.82, 2.24) is 5.32 Å². The fraction of sp³-hybridized carbons (Fsp3) is 1.00. The van der Waals surface area contributed by atoms with Gasteiger partial charge >= 0.3 is 0 Å². The van der Waals surface area contributed by atoms with Crippen molar-refractivity contribution in [3.8, 4) is 0 Å². The summed E-state index contributed by atoms with van der Waals surface area (Å²) in [5, 5.41) is 3.89. The third kappa shape index (κ3) is 3.62. The predicted octanol–water partition coefficient (Wildman–Crippen LogP) is 2.31. The van der Waals surface area contributed by atoms with Gasteiger partial charge in [-0.2, -0.15) is 0 Å². The largest absolute Gasteiger partial charge is 0.379 e. The second-order valence-electron chi connectivity index (χ2n) is 7.88. The van der Waals surface area contributed by atoms with E-state index in [2.05, 4.69) is 5.32 Å². The minimum Gasteiger partial charge on any atom is -0.379 e. The molecule has 138 valence electrons. The highest BCUT2D eigenvalue weighted by molar-refractivity contribution is 6.20. The van der Waals surface area contributed by atoms with E-state index in [1.54, 1.807) is 0 Å². The van der Waals surface area contributed by atoms with E-state index in [-0.39, 0.29) is 23.7 Å². The zero-order chi connectivity index (χ0) is 16.5. The SMILES string of the molecule is COC1CCCC2C[C@@H](NCC3CC4OCOC4CC3Cl)COC21. The van der Waals surface area contributed by atoms with Gasteiger partial charge in [0.05, 0.1) is 31.0 Å². The fourth-order valence-corrected chi connectivity index (χ4v) is 5.39. The third-order valence-corrected chi connectivity index (χ3v) is 6.96. The number of nitrogens with one attached hydrogen (secondary N) is 1. The number of hydrogen-bond donors (Lipinski definition) is 1. The normalized spacial score (nSPS) is 48.8. The van der Waals surface area contributed by atoms with Crippen LogP contribution >= 0.6 is 11.6 Å². The van der Waals surface area contributed by atoms with E-state index < -0.39 is 0 Å². The van der Waals surface area contributed by atoms with Crippen LogP contribution in [0, 0.1) is 11.8 Å². The summed E-state index contributed by atoms with van der Waals surface area (Å²) in [6.07, 6.45) is 7.76. The molecule has 0 amide bonds. The molecule has 4 rings (SSSR count). The van der Waals surface area contributed by atoms with Crippen LogP contribution in [0.2, 0.25) is 0 Å². The van der Waals surface area contributed by atoms with Crippen molar-refractivity contribution in [2.24, 2.45) is 11.8 Å². The average molecular weight is 360 g/mol. The van der Waals surface area contributed by atoms with Crippen LogP contribution < -0.4 is 5.32 Å². The molecule has 2 saturated heterocycles. The number of hydrogen-bond acceptors (Lipinski definition) is 5. The number of ether oxygens (including phenoxy) is 4. The second-order valence-corrected chi connectivity index (χ2v) is 8.44. The summed E-state index contributed by atoms with van der Waals surface area (Å²) >= 11 is 6.59. The van der Waals surface area contributed by atoms with E-state index in [0.717, 1.165) is 32.4 Å². The lowest BCUT2D eigenvalue weighted by Crippen LogP contribution is -2.52. The zero-order valence-corrected chi connectivity index (χ0v) is 15.2. The maximum absolute atomic E-state index is 6.59. The fourth-order valence-electron chi connectivity index (χ4n) is 5.02. The summed E-state index contributed by atoms with van der Waals surface area (Å²) in [5.41, 5.74) is 0. The van der Waals surface area contributed by atoms with Crippen molar-refractivity contribution in [1.29, 1.82) is 0 Å². The molecule has 0 aromatic heterocycles. The van der Waals surface area contributed by atoms with E-state index in [1.807, 2.05) is 7.11 Å². The summed E-state index contributed by atoms with van der Waals surface area (Å²) in [4.78, 5) is 0. The minimum absolute atomic E-state index is 0.172. The highest BCUT2D eigenvalue weighted by Gasteiger charge is 2.42. The Morgan fingerprint density at radius 2 is 1.92 bits per heavy atom. The number of methoxy groups -OCH3 is 1. The average Bonchev–Trinajstić information content (AvgIpc) is 3.05. The predicted molar refractivity (Wildman–Crippen MR) is 91.3 cm³/mol. The Morgan fingerprint density at radius 1 is 1.08 bits per heavy atom. The van der Waals surface area contributed by atoms with Gasteiger partial charge in [0.15, 0.2) is 0 Å². The van der Waals surface area contributed by atoms with Crippen LogP contribution in [0.3, 0.4) is 0 Å². The molecule has 4 fully saturated rings. The minimum atomic E-state index is 0.172. The lowest BCUT2D eigenvalue weighted by Gasteiger charge is -2.43. The highest BCUT2D eigenvalue weighted by atomic mass is 35.5. The van der Waals surface area contributed by atoms with Crippen molar-refractivity contribution < 1.29 is 18.9 Å². The van der Waals surface area contributed by atoms with Crippen molar-refractivity contribution >= 4 is 11.6 Å². The molecule has 0 radical (unpaired) electrons. The van der Waals surface area contributed by atoms with Gasteiger partial charge in [-0.3, -0.25) is 0 Å². The lowest BCUT2D eigenvalue weighted by atomic mass is 9.78. The second kappa shape index (κ2) is 7.77. The topological polar surface area (TPSA) is 49.0 Å². The maximum Gasteiger partial charge on any atom is 0.147 e. The molecule has 0 aromatic rings. The molecular weight excluding hydrogens is 330 g/mol. The van der Waals surface area contributed by atoms with Gasteiger partial charge in [-0.05, 0) is 50.5 Å². The highest BCUT2D eigenvalue weighted by Crippen LogP contribution is 2.37. The van der Waals surface area contributed by atoms with E-state index in [9.17, 15) is 0 Å². The Kier molecular flexibility index (Phi) is 5.66. The third-order valence-electron chi connectivity index (χ3n) is 6.43. The van der Waals surface area contributed by atoms with Gasteiger partial charge in [0.2, 0.25) is 0 Å². The molecule has 5 nitrogen and oxygen atoms in total. The Hall–Kier alpha value is 0.0900. The van der Waals surface area contributed by atoms with Crippen molar-refractivity contribution in [2.45, 2.75) is 74.4 Å². The van der Waals surface area contributed by atoms with Crippen molar-refractivity contribution in [3.05, 3.63) is 0 Å². The first kappa shape index (κ1) is 17.5. The van der Waals surface area contributed by atoms with E-state index in [4.69, 9.17) is 30.5 Å². The summed E-state index contributed by atoms with van der Waals surface area (Å²) in [5.74, 6) is 1.08. The number of halogens is 1. The molecule has 2 saturated carbocycles. The van der Waals surface area contributed by atoms with Gasteiger partial charge < -0.3 is 24.3 Å². The molecule has 8 atom stereocenters. The van der Waals surface area contributed by atoms with Crippen molar-refractivity contribution in [2.75, 3.05) is 27.1 Å². The zero-order valence-electron chi connectivity index (χ0n) is 14.5. The van der Waals surface area contributed by atoms with Crippen LogP contribution in [0.25, 0.3) is 0 Å². The summed E-state index contributed by atoms with van der Waals surface area (Å²) in [6.45, 7) is 2.16. The Balaban J connectivity index is 1.26. The van der Waals surface area contributed by atoms with Gasteiger partial charge in [0.25, 0.3) is 0 Å². The Bertz CT molecular complexity index is 426. The van der Waals surface area contributed by atoms with E-state index in [0.29, 0.717) is 30.8 Å². The standard InChI is InChI=1S/C18H30ClNO4/c1-21-15-4-2-3-11-5-13(9-22-18(11)15)20-8-12-6-16-17(7-14(12)19)24-10-23-16/h11-18,20H,2-10H2,1H3/t11?,12?,13-,14?,15?,16?,17?,18?/m1/s1. The molecule has 24 heavy (non-hydrogen) atoms. The van der Waals surface area contributed by atoms with Crippen LogP contribution in [0.15, 0.2) is 0 Å². The number of fused-ring (bicyclic) bond motifs is 2. The molecule has 2 heterocycles. The van der Waals surface area contributed by atoms with Gasteiger partial charge in [0, 0.05) is 18.5 Å². The Morgan fingerprint density at radius 3 is 2.75 bits per heavy atom. The van der Waals surface area contributed by atoms with Crippen molar-refractivity contribution in [3.63, 3.8) is 0 Å². The van der Waals surface area contributed by atoms with Gasteiger partial charge in [0.1, 0.15) is 6.79 Å². The summed E-state index contributed by atoms with van der Waals surface area (Å²) in [6, 6.07) is 0.434. The van der Waals surface area contributed by atoms with Crippen LogP contribution in [0.1, 0.15) is 38.5 Å². The smallest absolute Gasteiger partial charge is 0.147 e. The quantitative estimate of drug-likeness (QED) is 0.780. The molecule has 2 aliphatic heterocycles. The molecule has 0 bridgehead atoms. The molecule has 4 aliphatic rings. The lowest BCUT2D eigenvalue weighted by molar-refractivity contribution is -0.135. The van der Waals surface area contributed by atoms with Crippen LogP contribution in [-0.4, -0.2) is 62.9 Å². The molecule has 1 N–H and O–H groups in total. The molecule has 0 spiro atoms. The Labute approximate surface area is 149 Å². The molecule has 2 aliphatic carbocycles. The molecule has 7 unspecified atom stereocenters. The van der Waals surface area contributed by atoms with E-state index >= 15 is 0 Å².